The Kier molecular flexibility index (Phi) is 7.67. The molecule has 0 aliphatic heterocycles. The molecule has 0 aliphatic rings. The summed E-state index contributed by atoms with van der Waals surface area (Å²) in [6, 6.07) is 4.97. The normalized spacial score (nSPS) is 12.7. The Morgan fingerprint density at radius 1 is 1.22 bits per heavy atom. The number of H-pyrrole nitrogens is 1. The van der Waals surface area contributed by atoms with Gasteiger partial charge in [0.05, 0.1) is 23.9 Å². The molecule has 3 heterocycles. The number of esters is 1. The van der Waals surface area contributed by atoms with Gasteiger partial charge in [-0.3, -0.25) is 23.8 Å². The summed E-state index contributed by atoms with van der Waals surface area (Å²) in [5.74, 6) is -0.154. The van der Waals surface area contributed by atoms with Crippen LogP contribution in [0.4, 0.5) is 13.2 Å². The monoisotopic (exact) mass is 536 g/mol. The molecule has 196 valence electrons. The van der Waals surface area contributed by atoms with E-state index in [-0.39, 0.29) is 35.2 Å². The smallest absolute Gasteiger partial charge is 0.416 e. The molecule has 4 aromatic rings. The Bertz CT molecular complexity index is 1480. The van der Waals surface area contributed by atoms with E-state index in [1.807, 2.05) is 13.8 Å². The number of imidazole rings is 1. The third-order valence-corrected chi connectivity index (χ3v) is 5.74. The third-order valence-electron chi connectivity index (χ3n) is 5.56. The van der Waals surface area contributed by atoms with Crippen LogP contribution in [-0.2, 0) is 22.3 Å². The zero-order chi connectivity index (χ0) is 26.7. The Hall–Kier alpha value is -3.67. The van der Waals surface area contributed by atoms with E-state index >= 15 is 0 Å². The molecule has 0 saturated carbocycles. The van der Waals surface area contributed by atoms with Gasteiger partial charge in [-0.1, -0.05) is 32.4 Å². The summed E-state index contributed by atoms with van der Waals surface area (Å²) in [5, 5.41) is 4.12. The predicted molar refractivity (Wildman–Crippen MR) is 130 cm³/mol. The van der Waals surface area contributed by atoms with Gasteiger partial charge in [-0.25, -0.2) is 4.98 Å². The lowest BCUT2D eigenvalue weighted by atomic mass is 10.1. The number of alkyl halides is 3. The van der Waals surface area contributed by atoms with E-state index in [9.17, 15) is 22.8 Å². The van der Waals surface area contributed by atoms with Gasteiger partial charge in [0, 0.05) is 19.0 Å². The molecule has 0 fully saturated rings. The van der Waals surface area contributed by atoms with Gasteiger partial charge in [0.15, 0.2) is 17.4 Å². The maximum atomic E-state index is 13.1. The van der Waals surface area contributed by atoms with E-state index < -0.39 is 29.5 Å². The average Bonchev–Trinajstić information content (AvgIpc) is 3.43. The number of carbonyl (C=O) groups excluding carboxylic acids is 1. The Labute approximate surface area is 214 Å². The van der Waals surface area contributed by atoms with Crippen molar-refractivity contribution in [2.45, 2.75) is 58.5 Å². The number of nitrogens with zero attached hydrogens (tertiary/aromatic N) is 5. The molecule has 1 unspecified atom stereocenters. The van der Waals surface area contributed by atoms with Crippen LogP contribution in [0.3, 0.4) is 0 Å². The summed E-state index contributed by atoms with van der Waals surface area (Å²) < 4.78 is 48.0. The number of nitrogens with one attached hydrogen (secondary N) is 1. The summed E-state index contributed by atoms with van der Waals surface area (Å²) in [7, 11) is 0. The van der Waals surface area contributed by atoms with Gasteiger partial charge < -0.3 is 4.74 Å². The topological polar surface area (TPSA) is 108 Å². The number of ether oxygens (including phenoxy) is 1. The van der Waals surface area contributed by atoms with E-state index in [0.717, 1.165) is 12.1 Å². The van der Waals surface area contributed by atoms with Crippen LogP contribution >= 0.6 is 11.6 Å². The van der Waals surface area contributed by atoms with Crippen molar-refractivity contribution < 1.29 is 22.7 Å². The van der Waals surface area contributed by atoms with Crippen LogP contribution < -0.4 is 5.56 Å². The van der Waals surface area contributed by atoms with E-state index in [1.165, 1.54) is 16.9 Å². The summed E-state index contributed by atoms with van der Waals surface area (Å²) in [6.07, 6.45) is -0.342. The number of aromatic nitrogens is 6. The standard InChI is InChI=1S/C24H24ClF3N6O3/c1-3-6-17(37-18(35)7-4-2)34-20(30-19-21(34)31-23(25)32-22(19)36)15-11-29-33(13-15)12-14-8-5-9-16(10-14)24(26,27)28/h5,8-11,13,17H,3-4,6-7,12H2,1-2H3,(H,31,32,36). The Balaban J connectivity index is 1.77. The number of halogens is 4. The number of aromatic amines is 1. The van der Waals surface area contributed by atoms with Crippen LogP contribution in [0.2, 0.25) is 5.28 Å². The highest BCUT2D eigenvalue weighted by atomic mass is 35.5. The molecule has 1 atom stereocenters. The summed E-state index contributed by atoms with van der Waals surface area (Å²) in [4.78, 5) is 36.0. The van der Waals surface area contributed by atoms with Crippen LogP contribution in [0.1, 0.15) is 56.9 Å². The maximum absolute atomic E-state index is 13.1. The van der Waals surface area contributed by atoms with Crippen molar-refractivity contribution in [3.05, 3.63) is 63.4 Å². The zero-order valence-electron chi connectivity index (χ0n) is 20.0. The fraction of sp³-hybridized carbons (Fsp3) is 0.375. The van der Waals surface area contributed by atoms with E-state index in [4.69, 9.17) is 16.3 Å². The zero-order valence-corrected chi connectivity index (χ0v) is 20.8. The molecule has 4 rings (SSSR count). The van der Waals surface area contributed by atoms with Gasteiger partial charge in [0.25, 0.3) is 5.56 Å². The quantitative estimate of drug-likeness (QED) is 0.228. The molecule has 1 N–H and O–H groups in total. The lowest BCUT2D eigenvalue weighted by molar-refractivity contribution is -0.154. The summed E-state index contributed by atoms with van der Waals surface area (Å²) in [5.41, 5.74) is -0.331. The number of benzene rings is 1. The minimum atomic E-state index is -4.46. The fourth-order valence-corrected chi connectivity index (χ4v) is 4.10. The highest BCUT2D eigenvalue weighted by Crippen LogP contribution is 2.31. The number of rotatable bonds is 9. The largest absolute Gasteiger partial charge is 0.441 e. The van der Waals surface area contributed by atoms with Crippen LogP contribution in [0.5, 0.6) is 0 Å². The van der Waals surface area contributed by atoms with Crippen molar-refractivity contribution >= 4 is 28.7 Å². The molecule has 1 aromatic carbocycles. The van der Waals surface area contributed by atoms with Crippen molar-refractivity contribution in [1.82, 2.24) is 29.3 Å². The molecule has 9 nitrogen and oxygen atoms in total. The van der Waals surface area contributed by atoms with E-state index in [0.29, 0.717) is 30.4 Å². The first-order valence-corrected chi connectivity index (χ1v) is 12.0. The molecule has 13 heteroatoms. The lowest BCUT2D eigenvalue weighted by Crippen LogP contribution is -2.19. The second kappa shape index (κ2) is 10.8. The Morgan fingerprint density at radius 2 is 2.00 bits per heavy atom. The molecule has 37 heavy (non-hydrogen) atoms. The van der Waals surface area contributed by atoms with Gasteiger partial charge >= 0.3 is 12.1 Å². The van der Waals surface area contributed by atoms with Crippen LogP contribution in [0, 0.1) is 0 Å². The first-order valence-electron chi connectivity index (χ1n) is 11.7. The average molecular weight is 537 g/mol. The number of fused-ring (bicyclic) bond motifs is 1. The fourth-order valence-electron chi connectivity index (χ4n) is 3.93. The van der Waals surface area contributed by atoms with E-state index in [1.54, 1.807) is 16.8 Å². The first-order chi connectivity index (χ1) is 17.6. The number of hydrogen-bond donors (Lipinski definition) is 1. The molecule has 0 radical (unpaired) electrons. The van der Waals surface area contributed by atoms with Crippen molar-refractivity contribution in [2.75, 3.05) is 0 Å². The molecular weight excluding hydrogens is 513 g/mol. The molecule has 3 aromatic heterocycles. The second-order valence-corrected chi connectivity index (χ2v) is 8.80. The highest BCUT2D eigenvalue weighted by Gasteiger charge is 2.30. The van der Waals surface area contributed by atoms with Crippen molar-refractivity contribution in [3.8, 4) is 11.4 Å². The SMILES string of the molecule is CCCC(=O)OC(CCC)n1c(-c2cnn(Cc3cccc(C(F)(F)F)c3)c2)nc2c(=O)[nH]c(Cl)nc21. The lowest BCUT2D eigenvalue weighted by Gasteiger charge is -2.21. The molecular formula is C24H24ClF3N6O3. The molecule has 0 amide bonds. The minimum absolute atomic E-state index is 0.00216. The minimum Gasteiger partial charge on any atom is -0.441 e. The first kappa shape index (κ1) is 26.4. The Morgan fingerprint density at radius 3 is 2.70 bits per heavy atom. The third kappa shape index (κ3) is 5.85. The van der Waals surface area contributed by atoms with Crippen LogP contribution in [0.25, 0.3) is 22.6 Å². The maximum Gasteiger partial charge on any atom is 0.416 e. The van der Waals surface area contributed by atoms with Gasteiger partial charge in [0.2, 0.25) is 5.28 Å². The van der Waals surface area contributed by atoms with Crippen molar-refractivity contribution in [1.29, 1.82) is 0 Å². The van der Waals surface area contributed by atoms with Gasteiger partial charge in [-0.2, -0.15) is 23.3 Å². The molecule has 0 saturated heterocycles. The summed E-state index contributed by atoms with van der Waals surface area (Å²) in [6.45, 7) is 3.84. The van der Waals surface area contributed by atoms with Crippen LogP contribution in [0.15, 0.2) is 41.5 Å². The molecule has 0 bridgehead atoms. The van der Waals surface area contributed by atoms with Gasteiger partial charge in [-0.15, -0.1) is 0 Å². The predicted octanol–water partition coefficient (Wildman–Crippen LogP) is 5.35. The number of hydrogen-bond acceptors (Lipinski definition) is 6. The highest BCUT2D eigenvalue weighted by molar-refractivity contribution is 6.28. The van der Waals surface area contributed by atoms with Gasteiger partial charge in [-0.05, 0) is 35.7 Å². The molecule has 0 spiro atoms. The molecule has 0 aliphatic carbocycles. The van der Waals surface area contributed by atoms with Crippen molar-refractivity contribution in [2.24, 2.45) is 0 Å². The second-order valence-electron chi connectivity index (χ2n) is 8.44. The van der Waals surface area contributed by atoms with Gasteiger partial charge in [0.1, 0.15) is 5.82 Å². The number of carbonyl (C=O) groups is 1. The van der Waals surface area contributed by atoms with Crippen LogP contribution in [-0.4, -0.2) is 35.3 Å². The van der Waals surface area contributed by atoms with E-state index in [2.05, 4.69) is 20.1 Å². The van der Waals surface area contributed by atoms with Crippen molar-refractivity contribution in [3.63, 3.8) is 0 Å². The summed E-state index contributed by atoms with van der Waals surface area (Å²) >= 11 is 6.02.